The van der Waals surface area contributed by atoms with Crippen molar-refractivity contribution < 1.29 is 32.8 Å². The Hall–Kier alpha value is -6.01. The predicted molar refractivity (Wildman–Crippen MR) is 244 cm³/mol. The molecule has 2 aromatic carbocycles. The molecular weight excluding hydrogens is 849 g/mol. The summed E-state index contributed by atoms with van der Waals surface area (Å²) >= 11 is 0. The maximum Gasteiger partial charge on any atom is 0.264 e. The summed E-state index contributed by atoms with van der Waals surface area (Å²) in [5.74, 6) is -1.27. The van der Waals surface area contributed by atoms with Crippen molar-refractivity contribution in [3.05, 3.63) is 76.2 Å². The van der Waals surface area contributed by atoms with Gasteiger partial charge in [0.25, 0.3) is 18.2 Å². The Bertz CT molecular complexity index is 2450. The largest absolute Gasteiger partial charge is 0.385 e. The van der Waals surface area contributed by atoms with Crippen molar-refractivity contribution in [1.82, 2.24) is 40.0 Å². The van der Waals surface area contributed by atoms with Crippen LogP contribution in [0.4, 0.5) is 20.2 Å². The zero-order valence-corrected chi connectivity index (χ0v) is 37.7. The lowest BCUT2D eigenvalue weighted by Gasteiger charge is -2.40. The number of hydrogen-bond donors (Lipinski definition) is 4. The van der Waals surface area contributed by atoms with Gasteiger partial charge in [0.2, 0.25) is 17.7 Å². The van der Waals surface area contributed by atoms with Crippen molar-refractivity contribution >= 4 is 46.7 Å². The van der Waals surface area contributed by atoms with Gasteiger partial charge in [0.05, 0.1) is 23.9 Å². The zero-order chi connectivity index (χ0) is 46.2. The lowest BCUT2D eigenvalue weighted by Crippen LogP contribution is -2.54. The summed E-state index contributed by atoms with van der Waals surface area (Å²) in [6, 6.07) is 7.73. The van der Waals surface area contributed by atoms with Crippen LogP contribution >= 0.6 is 0 Å². The van der Waals surface area contributed by atoms with Crippen LogP contribution in [-0.4, -0.2) is 142 Å². The molecule has 3 saturated heterocycles. The van der Waals surface area contributed by atoms with Gasteiger partial charge in [-0.2, -0.15) is 5.10 Å². The number of nitrogens with one attached hydrogen (secondary N) is 4. The van der Waals surface area contributed by atoms with Crippen molar-refractivity contribution in [1.29, 1.82) is 5.41 Å². The predicted octanol–water partition coefficient (Wildman–Crippen LogP) is 4.54. The molecule has 0 bridgehead atoms. The van der Waals surface area contributed by atoms with Gasteiger partial charge < -0.3 is 30.2 Å². The number of amides is 5. The zero-order valence-electron chi connectivity index (χ0n) is 37.7. The summed E-state index contributed by atoms with van der Waals surface area (Å²) in [5, 5.41) is 23.2. The minimum Gasteiger partial charge on any atom is -0.385 e. The molecule has 0 saturated carbocycles. The van der Waals surface area contributed by atoms with E-state index >= 15 is 0 Å². The van der Waals surface area contributed by atoms with Gasteiger partial charge in [0, 0.05) is 119 Å². The molecule has 3 fully saturated rings. The molecule has 0 aliphatic carbocycles. The molecular formula is C48H59F2N11O5. The third kappa shape index (κ3) is 9.21. The van der Waals surface area contributed by atoms with E-state index in [9.17, 15) is 38.2 Å². The van der Waals surface area contributed by atoms with Gasteiger partial charge >= 0.3 is 0 Å². The molecule has 1 atom stereocenters. The first-order chi connectivity index (χ1) is 31.8. The highest BCUT2D eigenvalue weighted by Gasteiger charge is 2.45. The number of amidine groups is 1. The van der Waals surface area contributed by atoms with E-state index in [0.29, 0.717) is 61.0 Å². The van der Waals surface area contributed by atoms with Gasteiger partial charge in [-0.15, -0.1) is 0 Å². The molecule has 3 aromatic rings. The molecule has 7 heterocycles. The third-order valence-electron chi connectivity index (χ3n) is 14.4. The molecule has 6 aliphatic heterocycles. The number of halogens is 2. The summed E-state index contributed by atoms with van der Waals surface area (Å²) in [6.45, 7) is 9.19. The van der Waals surface area contributed by atoms with Crippen LogP contribution in [0, 0.1) is 11.3 Å². The highest BCUT2D eigenvalue weighted by molar-refractivity contribution is 6.25. The molecule has 1 aromatic heterocycles. The number of nitrogens with zero attached hydrogens (tertiary/aromatic N) is 7. The number of carbonyl (C=O) groups is 5. The van der Waals surface area contributed by atoms with Crippen LogP contribution in [-0.2, 0) is 27.9 Å². The summed E-state index contributed by atoms with van der Waals surface area (Å²) < 4.78 is 30.8. The lowest BCUT2D eigenvalue weighted by atomic mass is 9.92. The quantitative estimate of drug-likeness (QED) is 0.114. The normalized spacial score (nSPS) is 21.4. The van der Waals surface area contributed by atoms with E-state index in [1.165, 1.54) is 0 Å². The number of anilines is 2. The van der Waals surface area contributed by atoms with Crippen LogP contribution in [0.5, 0.6) is 0 Å². The molecule has 1 unspecified atom stereocenters. The van der Waals surface area contributed by atoms with E-state index in [2.05, 4.69) is 30.8 Å². The van der Waals surface area contributed by atoms with E-state index in [-0.39, 0.29) is 47.3 Å². The topological polar surface area (TPSA) is 179 Å². The summed E-state index contributed by atoms with van der Waals surface area (Å²) in [6.07, 6.45) is 7.00. The number of hydrogen-bond acceptors (Lipinski definition) is 11. The standard InChI is InChI=1S/C48H59F2N11O5/c1-29(62)59-21-14-38(37(28-59)45(51)60-16-4-5-31-23-35(32-25-53-56(2)27-32)36(44(49)50)24-41(31)60)54-33-12-19-58(20-13-33)26-30-10-17-57(18-11-30)22-15-52-39-7-3-6-34-43(39)48(66)61(47(34)65)40-8-9-42(63)55-46(40)64/h3,6-7,23-25,27,30,33,40,44,51-52,54H,4-5,8-22,26,28H2,1-2H3,(H,55,63,64). The second-order valence-corrected chi connectivity index (χ2v) is 18.6. The number of rotatable bonds is 12. The Labute approximate surface area is 383 Å². The van der Waals surface area contributed by atoms with Crippen LogP contribution in [0.2, 0.25) is 0 Å². The van der Waals surface area contributed by atoms with Crippen LogP contribution in [0.25, 0.3) is 11.1 Å². The van der Waals surface area contributed by atoms with Gasteiger partial charge in [-0.3, -0.25) is 44.3 Å². The second-order valence-electron chi connectivity index (χ2n) is 18.6. The summed E-state index contributed by atoms with van der Waals surface area (Å²) in [5.41, 5.74) is 5.38. The minimum absolute atomic E-state index is 0.0524. The number of imide groups is 2. The van der Waals surface area contributed by atoms with Crippen molar-refractivity contribution in [2.75, 3.05) is 75.7 Å². The first kappa shape index (κ1) is 45.2. The number of alkyl halides is 2. The van der Waals surface area contributed by atoms with Crippen molar-refractivity contribution in [3.63, 3.8) is 0 Å². The molecule has 4 N–H and O–H groups in total. The summed E-state index contributed by atoms with van der Waals surface area (Å²) in [7, 11) is 1.76. The first-order valence-electron chi connectivity index (χ1n) is 23.4. The monoisotopic (exact) mass is 907 g/mol. The molecule has 0 spiro atoms. The number of likely N-dealkylation sites (tertiary alicyclic amines) is 2. The van der Waals surface area contributed by atoms with Gasteiger partial charge in [0.1, 0.15) is 11.9 Å². The fraction of sp³-hybridized carbons (Fsp3) is 0.521. The van der Waals surface area contributed by atoms with E-state index in [0.717, 1.165) is 99.5 Å². The number of aryl methyl sites for hydroxylation is 2. The first-order valence-corrected chi connectivity index (χ1v) is 23.4. The molecule has 66 heavy (non-hydrogen) atoms. The fourth-order valence-electron chi connectivity index (χ4n) is 10.7. The lowest BCUT2D eigenvalue weighted by molar-refractivity contribution is -0.136. The van der Waals surface area contributed by atoms with Gasteiger partial charge in [-0.1, -0.05) is 6.07 Å². The third-order valence-corrected chi connectivity index (χ3v) is 14.4. The molecule has 0 radical (unpaired) electrons. The van der Waals surface area contributed by atoms with Crippen molar-refractivity contribution in [2.24, 2.45) is 13.0 Å². The smallest absolute Gasteiger partial charge is 0.264 e. The number of fused-ring (bicyclic) bond motifs is 2. The Kier molecular flexibility index (Phi) is 13.0. The van der Waals surface area contributed by atoms with E-state index in [4.69, 9.17) is 0 Å². The Morgan fingerprint density at radius 2 is 1.70 bits per heavy atom. The van der Waals surface area contributed by atoms with Gasteiger partial charge in [0.15, 0.2) is 0 Å². The highest BCUT2D eigenvalue weighted by Crippen LogP contribution is 2.40. The Balaban J connectivity index is 0.768. The SMILES string of the molecule is CC(=O)N1CCC(NC2CCN(CC3CCN(CCNc4cccc5c4C(=O)N(C4CCC(=O)NC4=O)C5=O)CC3)CC2)=C(C(=N)N2CCCc3cc(-c4cnn(C)c4)c(C(F)F)cc32)C1. The number of carbonyl (C=O) groups excluding carboxylic acids is 5. The van der Waals surface area contributed by atoms with Crippen LogP contribution in [0.1, 0.15) is 96.6 Å². The van der Waals surface area contributed by atoms with Crippen molar-refractivity contribution in [2.45, 2.75) is 83.2 Å². The van der Waals surface area contributed by atoms with Gasteiger partial charge in [-0.25, -0.2) is 8.78 Å². The molecule has 6 aliphatic rings. The molecule has 5 amide bonds. The van der Waals surface area contributed by atoms with Crippen LogP contribution in [0.15, 0.2) is 54.0 Å². The maximum absolute atomic E-state index is 14.6. The maximum atomic E-state index is 14.6. The minimum atomic E-state index is -2.70. The van der Waals surface area contributed by atoms with Crippen LogP contribution in [0.3, 0.4) is 0 Å². The summed E-state index contributed by atoms with van der Waals surface area (Å²) in [4.78, 5) is 73.2. The molecule has 16 nitrogen and oxygen atoms in total. The number of aromatic nitrogens is 2. The molecule has 350 valence electrons. The molecule has 18 heteroatoms. The van der Waals surface area contributed by atoms with E-state index < -0.39 is 36.1 Å². The highest BCUT2D eigenvalue weighted by atomic mass is 19.3. The average molecular weight is 908 g/mol. The Morgan fingerprint density at radius 1 is 0.924 bits per heavy atom. The average Bonchev–Trinajstić information content (AvgIpc) is 3.86. The number of benzene rings is 2. The van der Waals surface area contributed by atoms with Gasteiger partial charge in [-0.05, 0) is 99.3 Å². The van der Waals surface area contributed by atoms with Crippen molar-refractivity contribution in [3.8, 4) is 11.1 Å². The second kappa shape index (κ2) is 19.1. The number of piperidine rings is 3. The van der Waals surface area contributed by atoms with E-state index in [1.54, 1.807) is 60.2 Å². The molecule has 9 rings (SSSR count). The van der Waals surface area contributed by atoms with Crippen LogP contribution < -0.4 is 20.9 Å². The fourth-order valence-corrected chi connectivity index (χ4v) is 10.7. The Morgan fingerprint density at radius 3 is 2.41 bits per heavy atom. The van der Waals surface area contributed by atoms with E-state index in [1.807, 2.05) is 11.0 Å².